The van der Waals surface area contributed by atoms with Crippen LogP contribution in [0, 0.1) is 0 Å². The smallest absolute Gasteiger partial charge is 0.241 e. The van der Waals surface area contributed by atoms with Crippen LogP contribution < -0.4 is 0 Å². The first-order valence-corrected chi connectivity index (χ1v) is 10.4. The minimum Gasteiger partial charge on any atom is -0.547 e. The van der Waals surface area contributed by atoms with Gasteiger partial charge in [0.15, 0.2) is 0 Å². The highest BCUT2D eigenvalue weighted by Gasteiger charge is 2.46. The second-order valence-electron chi connectivity index (χ2n) is 6.58. The standard InChI is InChI=1S/C16H22OSi/c1-18(2,3)17-15-10-12-16(15)11-6-8-13-7-4-5-9-14(13)16/h4-5,7,9-10H,6,8,11-12H2,1-3H3/t16-/m0/s1. The lowest BCUT2D eigenvalue weighted by Gasteiger charge is -2.47. The van der Waals surface area contributed by atoms with E-state index in [1.54, 1.807) is 0 Å². The zero-order valence-corrected chi connectivity index (χ0v) is 12.6. The van der Waals surface area contributed by atoms with E-state index >= 15 is 0 Å². The largest absolute Gasteiger partial charge is 0.547 e. The number of rotatable bonds is 2. The van der Waals surface area contributed by atoms with Gasteiger partial charge in [0.2, 0.25) is 8.32 Å². The van der Waals surface area contributed by atoms with Crippen molar-refractivity contribution < 1.29 is 4.43 Å². The topological polar surface area (TPSA) is 9.23 Å². The number of hydrogen-bond acceptors (Lipinski definition) is 1. The Hall–Kier alpha value is -1.02. The Labute approximate surface area is 111 Å². The number of aryl methyl sites for hydroxylation is 1. The van der Waals surface area contributed by atoms with E-state index in [0.29, 0.717) is 0 Å². The van der Waals surface area contributed by atoms with Gasteiger partial charge < -0.3 is 4.43 Å². The molecular formula is C16H22OSi. The minimum atomic E-state index is -1.49. The van der Waals surface area contributed by atoms with Gasteiger partial charge in [0.1, 0.15) is 0 Å². The molecule has 18 heavy (non-hydrogen) atoms. The molecule has 0 aromatic heterocycles. The predicted octanol–water partition coefficient (Wildman–Crippen LogP) is 4.40. The highest BCUT2D eigenvalue weighted by atomic mass is 28.4. The first kappa shape index (κ1) is 12.0. The summed E-state index contributed by atoms with van der Waals surface area (Å²) >= 11 is 0. The summed E-state index contributed by atoms with van der Waals surface area (Å²) in [6, 6.07) is 8.95. The van der Waals surface area contributed by atoms with Crippen LogP contribution in [0.1, 0.15) is 30.4 Å². The molecule has 1 aromatic carbocycles. The maximum Gasteiger partial charge on any atom is 0.241 e. The molecule has 0 radical (unpaired) electrons. The molecular weight excluding hydrogens is 236 g/mol. The van der Waals surface area contributed by atoms with Crippen LogP contribution in [0.5, 0.6) is 0 Å². The SMILES string of the molecule is C[Si](C)(C)OC1=CC[C@]12CCCc1ccccc12. The summed E-state index contributed by atoms with van der Waals surface area (Å²) in [5, 5.41) is 0. The van der Waals surface area contributed by atoms with Crippen molar-refractivity contribution in [1.82, 2.24) is 0 Å². The van der Waals surface area contributed by atoms with Gasteiger partial charge in [0.05, 0.1) is 11.2 Å². The van der Waals surface area contributed by atoms with Crippen LogP contribution in [0.25, 0.3) is 0 Å². The molecule has 0 saturated heterocycles. The average Bonchev–Trinajstić information content (AvgIpc) is 2.33. The second-order valence-corrected chi connectivity index (χ2v) is 11.0. The van der Waals surface area contributed by atoms with Crippen LogP contribution in [0.15, 0.2) is 36.1 Å². The monoisotopic (exact) mass is 258 g/mol. The molecule has 96 valence electrons. The fourth-order valence-corrected chi connectivity index (χ4v) is 4.23. The summed E-state index contributed by atoms with van der Waals surface area (Å²) in [5.74, 6) is 1.27. The molecule has 1 nitrogen and oxygen atoms in total. The molecule has 0 unspecified atom stereocenters. The summed E-state index contributed by atoms with van der Waals surface area (Å²) in [4.78, 5) is 0. The number of benzene rings is 1. The first-order valence-electron chi connectivity index (χ1n) is 6.99. The molecule has 2 aliphatic carbocycles. The maximum atomic E-state index is 6.32. The lowest BCUT2D eigenvalue weighted by molar-refractivity contribution is 0.239. The van der Waals surface area contributed by atoms with Crippen LogP contribution in [0.3, 0.4) is 0 Å². The van der Waals surface area contributed by atoms with Crippen molar-refractivity contribution in [2.45, 2.75) is 50.7 Å². The van der Waals surface area contributed by atoms with Crippen LogP contribution in [-0.2, 0) is 16.3 Å². The van der Waals surface area contributed by atoms with Gasteiger partial charge in [-0.1, -0.05) is 24.3 Å². The quantitative estimate of drug-likeness (QED) is 0.714. The molecule has 0 N–H and O–H groups in total. The van der Waals surface area contributed by atoms with Crippen molar-refractivity contribution in [2.75, 3.05) is 0 Å². The third kappa shape index (κ3) is 1.83. The third-order valence-electron chi connectivity index (χ3n) is 4.11. The number of fused-ring (bicyclic) bond motifs is 2. The Balaban J connectivity index is 1.97. The van der Waals surface area contributed by atoms with Gasteiger partial charge in [0.25, 0.3) is 0 Å². The van der Waals surface area contributed by atoms with Gasteiger partial charge in [-0.05, 0) is 62.5 Å². The molecule has 1 aromatic rings. The maximum absolute atomic E-state index is 6.32. The van der Waals surface area contributed by atoms with Crippen LogP contribution >= 0.6 is 0 Å². The molecule has 2 aliphatic rings. The van der Waals surface area contributed by atoms with E-state index in [2.05, 4.69) is 50.0 Å². The molecule has 0 fully saturated rings. The molecule has 0 amide bonds. The molecule has 0 aliphatic heterocycles. The normalized spacial score (nSPS) is 26.3. The molecule has 0 heterocycles. The van der Waals surface area contributed by atoms with E-state index in [-0.39, 0.29) is 5.41 Å². The van der Waals surface area contributed by atoms with Gasteiger partial charge in [-0.3, -0.25) is 0 Å². The molecule has 2 heteroatoms. The lowest BCUT2D eigenvalue weighted by Crippen LogP contribution is -2.43. The second kappa shape index (κ2) is 3.99. The van der Waals surface area contributed by atoms with Crippen molar-refractivity contribution in [3.8, 4) is 0 Å². The van der Waals surface area contributed by atoms with Gasteiger partial charge in [-0.25, -0.2) is 0 Å². The summed E-state index contributed by atoms with van der Waals surface area (Å²) in [7, 11) is -1.49. The summed E-state index contributed by atoms with van der Waals surface area (Å²) < 4.78 is 6.32. The van der Waals surface area contributed by atoms with E-state index in [1.165, 1.54) is 42.6 Å². The van der Waals surface area contributed by atoms with Crippen LogP contribution in [0.2, 0.25) is 19.6 Å². The third-order valence-corrected chi connectivity index (χ3v) is 4.94. The van der Waals surface area contributed by atoms with Crippen molar-refractivity contribution in [1.29, 1.82) is 0 Å². The Kier molecular flexibility index (Phi) is 2.67. The highest BCUT2D eigenvalue weighted by molar-refractivity contribution is 6.70. The van der Waals surface area contributed by atoms with Crippen LogP contribution in [-0.4, -0.2) is 8.32 Å². The Morgan fingerprint density at radius 1 is 1.17 bits per heavy atom. The zero-order valence-electron chi connectivity index (χ0n) is 11.6. The Morgan fingerprint density at radius 2 is 1.94 bits per heavy atom. The van der Waals surface area contributed by atoms with Crippen molar-refractivity contribution in [2.24, 2.45) is 0 Å². The Morgan fingerprint density at radius 3 is 2.61 bits per heavy atom. The predicted molar refractivity (Wildman–Crippen MR) is 78.2 cm³/mol. The first-order chi connectivity index (χ1) is 8.51. The van der Waals surface area contributed by atoms with Crippen molar-refractivity contribution >= 4 is 8.32 Å². The minimum absolute atomic E-state index is 0.231. The summed E-state index contributed by atoms with van der Waals surface area (Å²) in [6.45, 7) is 6.82. The fraction of sp³-hybridized carbons (Fsp3) is 0.500. The molecule has 3 rings (SSSR count). The number of hydrogen-bond donors (Lipinski definition) is 0. The average molecular weight is 258 g/mol. The van der Waals surface area contributed by atoms with Crippen molar-refractivity contribution in [3.63, 3.8) is 0 Å². The number of allylic oxidation sites excluding steroid dienone is 2. The van der Waals surface area contributed by atoms with Crippen LogP contribution in [0.4, 0.5) is 0 Å². The Bertz CT molecular complexity index is 498. The summed E-state index contributed by atoms with van der Waals surface area (Å²) in [5.41, 5.74) is 3.30. The van der Waals surface area contributed by atoms with Crippen molar-refractivity contribution in [3.05, 3.63) is 47.2 Å². The van der Waals surface area contributed by atoms with Gasteiger partial charge in [0, 0.05) is 0 Å². The van der Waals surface area contributed by atoms with Gasteiger partial charge in [-0.15, -0.1) is 0 Å². The molecule has 0 saturated carbocycles. The van der Waals surface area contributed by atoms with Gasteiger partial charge in [-0.2, -0.15) is 0 Å². The van der Waals surface area contributed by atoms with E-state index < -0.39 is 8.32 Å². The highest BCUT2D eigenvalue weighted by Crippen LogP contribution is 2.52. The van der Waals surface area contributed by atoms with E-state index in [4.69, 9.17) is 4.43 Å². The lowest BCUT2D eigenvalue weighted by atomic mass is 9.62. The molecule has 1 spiro atoms. The summed E-state index contributed by atoms with van der Waals surface area (Å²) in [6.07, 6.45) is 7.27. The van der Waals surface area contributed by atoms with E-state index in [1.807, 2.05) is 0 Å². The molecule has 0 bridgehead atoms. The van der Waals surface area contributed by atoms with E-state index in [9.17, 15) is 0 Å². The fourth-order valence-electron chi connectivity index (χ4n) is 3.29. The molecule has 1 atom stereocenters. The van der Waals surface area contributed by atoms with Gasteiger partial charge >= 0.3 is 0 Å². The zero-order chi connectivity index (χ0) is 12.8. The van der Waals surface area contributed by atoms with E-state index in [0.717, 1.165) is 0 Å².